The molecule has 0 spiro atoms. The first-order valence-corrected chi connectivity index (χ1v) is 5.03. The van der Waals surface area contributed by atoms with Crippen molar-refractivity contribution in [3.05, 3.63) is 29.8 Å². The standard InChI is InChI=1S/C11H11FN2O2/c1-6(8-4-10(15)14-11(8)16)9-3-2-7(12)5-13-9/h2-3,5-6,8H,4H2,1H3,(H,14,15,16). The molecular formula is C11H11FN2O2. The second-order valence-corrected chi connectivity index (χ2v) is 3.91. The van der Waals surface area contributed by atoms with Crippen molar-refractivity contribution < 1.29 is 14.0 Å². The number of nitrogens with zero attached hydrogens (tertiary/aromatic N) is 1. The third-order valence-corrected chi connectivity index (χ3v) is 2.83. The summed E-state index contributed by atoms with van der Waals surface area (Å²) in [6.07, 6.45) is 1.29. The molecule has 1 aliphatic heterocycles. The second kappa shape index (κ2) is 4.00. The van der Waals surface area contributed by atoms with E-state index in [9.17, 15) is 14.0 Å². The van der Waals surface area contributed by atoms with E-state index < -0.39 is 11.7 Å². The van der Waals surface area contributed by atoms with Gasteiger partial charge in [-0.2, -0.15) is 0 Å². The molecule has 16 heavy (non-hydrogen) atoms. The van der Waals surface area contributed by atoms with Crippen LogP contribution < -0.4 is 5.32 Å². The van der Waals surface area contributed by atoms with Gasteiger partial charge in [0.05, 0.1) is 12.1 Å². The minimum absolute atomic E-state index is 0.180. The summed E-state index contributed by atoms with van der Waals surface area (Å²) in [5, 5.41) is 2.25. The summed E-state index contributed by atoms with van der Waals surface area (Å²) in [6, 6.07) is 2.84. The fraction of sp³-hybridized carbons (Fsp3) is 0.364. The van der Waals surface area contributed by atoms with E-state index in [1.54, 1.807) is 0 Å². The lowest BCUT2D eigenvalue weighted by atomic mass is 9.89. The molecule has 0 bridgehead atoms. The highest BCUT2D eigenvalue weighted by Crippen LogP contribution is 2.28. The molecule has 0 saturated carbocycles. The lowest BCUT2D eigenvalue weighted by Gasteiger charge is -2.14. The van der Waals surface area contributed by atoms with Crippen molar-refractivity contribution in [2.24, 2.45) is 5.92 Å². The molecule has 2 heterocycles. The molecule has 4 nitrogen and oxygen atoms in total. The Morgan fingerprint density at radius 3 is 2.75 bits per heavy atom. The van der Waals surface area contributed by atoms with Crippen molar-refractivity contribution in [2.45, 2.75) is 19.3 Å². The zero-order valence-electron chi connectivity index (χ0n) is 8.74. The van der Waals surface area contributed by atoms with Crippen LogP contribution >= 0.6 is 0 Å². The normalized spacial score (nSPS) is 22.0. The van der Waals surface area contributed by atoms with E-state index in [4.69, 9.17) is 0 Å². The predicted octanol–water partition coefficient (Wildman–Crippen LogP) is 0.987. The molecule has 1 aliphatic rings. The molecule has 1 saturated heterocycles. The van der Waals surface area contributed by atoms with E-state index in [2.05, 4.69) is 10.3 Å². The van der Waals surface area contributed by atoms with Crippen LogP contribution in [0.1, 0.15) is 25.0 Å². The van der Waals surface area contributed by atoms with Gasteiger partial charge in [0.15, 0.2) is 0 Å². The Hall–Kier alpha value is -1.78. The number of amides is 2. The lowest BCUT2D eigenvalue weighted by Crippen LogP contribution is -2.24. The molecule has 2 rings (SSSR count). The summed E-state index contributed by atoms with van der Waals surface area (Å²) >= 11 is 0. The number of imide groups is 1. The smallest absolute Gasteiger partial charge is 0.230 e. The topological polar surface area (TPSA) is 59.1 Å². The molecule has 1 fully saturated rings. The maximum atomic E-state index is 12.7. The summed E-state index contributed by atoms with van der Waals surface area (Å²) in [4.78, 5) is 26.4. The molecule has 1 aromatic heterocycles. The molecule has 0 radical (unpaired) electrons. The van der Waals surface area contributed by atoms with Gasteiger partial charge in [0.2, 0.25) is 11.8 Å². The van der Waals surface area contributed by atoms with Crippen LogP contribution in [-0.2, 0) is 9.59 Å². The molecule has 2 unspecified atom stereocenters. The highest BCUT2D eigenvalue weighted by Gasteiger charge is 2.35. The minimum Gasteiger partial charge on any atom is -0.296 e. The van der Waals surface area contributed by atoms with Crippen LogP contribution in [0.4, 0.5) is 4.39 Å². The number of aromatic nitrogens is 1. The van der Waals surface area contributed by atoms with Gasteiger partial charge in [0, 0.05) is 18.0 Å². The van der Waals surface area contributed by atoms with Crippen molar-refractivity contribution in [1.82, 2.24) is 10.3 Å². The molecule has 0 aliphatic carbocycles. The summed E-state index contributed by atoms with van der Waals surface area (Å²) in [6.45, 7) is 1.81. The van der Waals surface area contributed by atoms with E-state index in [0.29, 0.717) is 5.69 Å². The van der Waals surface area contributed by atoms with Crippen LogP contribution in [0.5, 0.6) is 0 Å². The zero-order chi connectivity index (χ0) is 11.7. The molecule has 2 amide bonds. The molecule has 84 valence electrons. The van der Waals surface area contributed by atoms with Gasteiger partial charge in [-0.25, -0.2) is 4.39 Å². The Balaban J connectivity index is 2.19. The Kier molecular flexibility index (Phi) is 2.68. The van der Waals surface area contributed by atoms with Crippen LogP contribution in [0, 0.1) is 11.7 Å². The van der Waals surface area contributed by atoms with E-state index in [1.165, 1.54) is 12.1 Å². The van der Waals surface area contributed by atoms with Crippen molar-refractivity contribution in [3.8, 4) is 0 Å². The number of carbonyl (C=O) groups excluding carboxylic acids is 2. The van der Waals surface area contributed by atoms with Crippen LogP contribution in [0.3, 0.4) is 0 Å². The van der Waals surface area contributed by atoms with Crippen molar-refractivity contribution in [3.63, 3.8) is 0 Å². The first kappa shape index (κ1) is 10.7. The molecule has 1 aromatic rings. The maximum absolute atomic E-state index is 12.7. The van der Waals surface area contributed by atoms with Gasteiger partial charge in [-0.05, 0) is 12.1 Å². The number of hydrogen-bond donors (Lipinski definition) is 1. The van der Waals surface area contributed by atoms with Gasteiger partial charge in [-0.1, -0.05) is 6.92 Å². The van der Waals surface area contributed by atoms with Crippen LogP contribution in [0.15, 0.2) is 18.3 Å². The maximum Gasteiger partial charge on any atom is 0.230 e. The lowest BCUT2D eigenvalue weighted by molar-refractivity contribution is -0.126. The highest BCUT2D eigenvalue weighted by molar-refractivity contribution is 6.03. The average molecular weight is 222 g/mol. The molecule has 5 heteroatoms. The summed E-state index contributed by atoms with van der Waals surface area (Å²) in [7, 11) is 0. The van der Waals surface area contributed by atoms with Gasteiger partial charge in [-0.3, -0.25) is 19.9 Å². The van der Waals surface area contributed by atoms with Gasteiger partial charge in [-0.15, -0.1) is 0 Å². The fourth-order valence-corrected chi connectivity index (χ4v) is 1.84. The SMILES string of the molecule is CC(c1ccc(F)cn1)C1CC(=O)NC1=O. The number of pyridine rings is 1. The summed E-state index contributed by atoms with van der Waals surface area (Å²) in [5.74, 6) is -1.53. The highest BCUT2D eigenvalue weighted by atomic mass is 19.1. The minimum atomic E-state index is -0.414. The third kappa shape index (κ3) is 1.93. The number of rotatable bonds is 2. The van der Waals surface area contributed by atoms with Gasteiger partial charge in [0.1, 0.15) is 5.82 Å². The Labute approximate surface area is 91.9 Å². The van der Waals surface area contributed by atoms with Gasteiger partial charge >= 0.3 is 0 Å². The summed E-state index contributed by atoms with van der Waals surface area (Å²) in [5.41, 5.74) is 0.622. The molecule has 0 aromatic carbocycles. The second-order valence-electron chi connectivity index (χ2n) is 3.91. The van der Waals surface area contributed by atoms with Crippen LogP contribution in [0.2, 0.25) is 0 Å². The fourth-order valence-electron chi connectivity index (χ4n) is 1.84. The Morgan fingerprint density at radius 1 is 1.50 bits per heavy atom. The van der Waals surface area contributed by atoms with E-state index in [-0.39, 0.29) is 24.2 Å². The third-order valence-electron chi connectivity index (χ3n) is 2.83. The molecule has 1 N–H and O–H groups in total. The average Bonchev–Trinajstić information content (AvgIpc) is 2.58. The number of hydrogen-bond acceptors (Lipinski definition) is 3. The van der Waals surface area contributed by atoms with Crippen LogP contribution in [0.25, 0.3) is 0 Å². The Morgan fingerprint density at radius 2 is 2.25 bits per heavy atom. The van der Waals surface area contributed by atoms with Gasteiger partial charge < -0.3 is 0 Å². The van der Waals surface area contributed by atoms with E-state index in [0.717, 1.165) is 6.20 Å². The first-order chi connectivity index (χ1) is 7.58. The number of nitrogens with one attached hydrogen (secondary N) is 1. The van der Waals surface area contributed by atoms with Crippen LogP contribution in [-0.4, -0.2) is 16.8 Å². The van der Waals surface area contributed by atoms with Crippen molar-refractivity contribution in [2.75, 3.05) is 0 Å². The van der Waals surface area contributed by atoms with E-state index >= 15 is 0 Å². The van der Waals surface area contributed by atoms with Crippen molar-refractivity contribution >= 4 is 11.8 Å². The van der Waals surface area contributed by atoms with E-state index in [1.807, 2.05) is 6.92 Å². The zero-order valence-corrected chi connectivity index (χ0v) is 8.74. The quantitative estimate of drug-likeness (QED) is 0.759. The number of halogens is 1. The monoisotopic (exact) mass is 222 g/mol. The Bertz CT molecular complexity index is 430. The predicted molar refractivity (Wildman–Crippen MR) is 53.9 cm³/mol. The largest absolute Gasteiger partial charge is 0.296 e. The van der Waals surface area contributed by atoms with Crippen molar-refractivity contribution in [1.29, 1.82) is 0 Å². The molecular weight excluding hydrogens is 211 g/mol. The first-order valence-electron chi connectivity index (χ1n) is 5.03. The summed E-state index contributed by atoms with van der Waals surface area (Å²) < 4.78 is 12.7. The number of carbonyl (C=O) groups is 2. The molecule has 2 atom stereocenters. The van der Waals surface area contributed by atoms with Gasteiger partial charge in [0.25, 0.3) is 0 Å².